The molecule has 0 radical (unpaired) electrons. The summed E-state index contributed by atoms with van der Waals surface area (Å²) >= 11 is 0. The van der Waals surface area contributed by atoms with E-state index in [4.69, 9.17) is 4.55 Å². The predicted octanol–water partition coefficient (Wildman–Crippen LogP) is 1.99. The lowest BCUT2D eigenvalue weighted by Crippen LogP contribution is -2.50. The van der Waals surface area contributed by atoms with Crippen LogP contribution in [-0.2, 0) is 10.1 Å². The lowest BCUT2D eigenvalue weighted by Gasteiger charge is -2.50. The molecule has 0 heterocycles. The van der Waals surface area contributed by atoms with E-state index in [2.05, 4.69) is 0 Å². The molecule has 2 aliphatic rings. The van der Waals surface area contributed by atoms with Crippen LogP contribution in [0.3, 0.4) is 0 Å². The van der Waals surface area contributed by atoms with Crippen molar-refractivity contribution < 1.29 is 13.0 Å². The van der Waals surface area contributed by atoms with Gasteiger partial charge in [0.2, 0.25) is 0 Å². The molecule has 0 bridgehead atoms. The first-order valence-corrected chi connectivity index (χ1v) is 6.51. The SMILES string of the molecule is O=S(=O)(O)C1CCC12CCCCC2. The predicted molar refractivity (Wildman–Crippen MR) is 50.1 cm³/mol. The highest BCUT2D eigenvalue weighted by molar-refractivity contribution is 7.86. The Balaban J connectivity index is 2.16. The summed E-state index contributed by atoms with van der Waals surface area (Å²) in [6.45, 7) is 0. The maximum Gasteiger partial charge on any atom is 0.268 e. The van der Waals surface area contributed by atoms with Gasteiger partial charge in [-0.05, 0) is 31.1 Å². The van der Waals surface area contributed by atoms with Gasteiger partial charge in [0.25, 0.3) is 10.1 Å². The molecule has 76 valence electrons. The van der Waals surface area contributed by atoms with Gasteiger partial charge in [-0.25, -0.2) is 0 Å². The van der Waals surface area contributed by atoms with E-state index in [1.165, 1.54) is 6.42 Å². The summed E-state index contributed by atoms with van der Waals surface area (Å²) in [5.41, 5.74) is -0.0359. The van der Waals surface area contributed by atoms with Crippen molar-refractivity contribution in [2.24, 2.45) is 5.41 Å². The van der Waals surface area contributed by atoms with Crippen molar-refractivity contribution in [3.8, 4) is 0 Å². The van der Waals surface area contributed by atoms with Crippen LogP contribution < -0.4 is 0 Å². The lowest BCUT2D eigenvalue weighted by molar-refractivity contribution is 0.0785. The molecule has 0 amide bonds. The normalized spacial score (nSPS) is 32.8. The van der Waals surface area contributed by atoms with Crippen LogP contribution >= 0.6 is 0 Å². The van der Waals surface area contributed by atoms with Gasteiger partial charge < -0.3 is 0 Å². The summed E-state index contributed by atoms with van der Waals surface area (Å²) in [6.07, 6.45) is 7.14. The van der Waals surface area contributed by atoms with Gasteiger partial charge in [0.15, 0.2) is 0 Å². The van der Waals surface area contributed by atoms with Crippen molar-refractivity contribution in [3.05, 3.63) is 0 Å². The molecular weight excluding hydrogens is 188 g/mol. The maximum absolute atomic E-state index is 11.0. The van der Waals surface area contributed by atoms with Gasteiger partial charge >= 0.3 is 0 Å². The number of hydrogen-bond acceptors (Lipinski definition) is 2. The molecule has 2 aliphatic carbocycles. The Labute approximate surface area is 79.3 Å². The third-order valence-corrected chi connectivity index (χ3v) is 5.25. The molecule has 0 aliphatic heterocycles. The Hall–Kier alpha value is -0.0900. The fraction of sp³-hybridized carbons (Fsp3) is 1.00. The van der Waals surface area contributed by atoms with Gasteiger partial charge in [-0.2, -0.15) is 8.42 Å². The summed E-state index contributed by atoms with van der Waals surface area (Å²) < 4.78 is 31.1. The van der Waals surface area contributed by atoms with Gasteiger partial charge in [-0.15, -0.1) is 0 Å². The van der Waals surface area contributed by atoms with Crippen molar-refractivity contribution >= 4 is 10.1 Å². The second kappa shape index (κ2) is 2.95. The first-order valence-electron chi connectivity index (χ1n) is 5.01. The summed E-state index contributed by atoms with van der Waals surface area (Å²) in [4.78, 5) is 0. The number of rotatable bonds is 1. The largest absolute Gasteiger partial charge is 0.285 e. The Bertz CT molecular complexity index is 288. The Kier molecular flexibility index (Phi) is 2.15. The van der Waals surface area contributed by atoms with Crippen LogP contribution in [-0.4, -0.2) is 18.2 Å². The van der Waals surface area contributed by atoms with Gasteiger partial charge in [-0.1, -0.05) is 19.3 Å². The Morgan fingerprint density at radius 2 is 1.69 bits per heavy atom. The van der Waals surface area contributed by atoms with E-state index in [-0.39, 0.29) is 5.41 Å². The highest BCUT2D eigenvalue weighted by Crippen LogP contribution is 2.54. The van der Waals surface area contributed by atoms with Crippen LogP contribution in [0.4, 0.5) is 0 Å². The monoisotopic (exact) mass is 204 g/mol. The van der Waals surface area contributed by atoms with Gasteiger partial charge in [-0.3, -0.25) is 4.55 Å². The Morgan fingerprint density at radius 1 is 1.08 bits per heavy atom. The second-order valence-electron chi connectivity index (χ2n) is 4.47. The molecule has 2 saturated carbocycles. The van der Waals surface area contributed by atoms with Crippen molar-refractivity contribution in [1.82, 2.24) is 0 Å². The molecule has 0 saturated heterocycles. The molecule has 0 aromatic carbocycles. The molecule has 13 heavy (non-hydrogen) atoms. The smallest absolute Gasteiger partial charge is 0.268 e. The quantitative estimate of drug-likeness (QED) is 0.664. The molecule has 1 spiro atoms. The van der Waals surface area contributed by atoms with E-state index in [1.807, 2.05) is 0 Å². The molecule has 2 fully saturated rings. The first kappa shape index (κ1) is 9.46. The van der Waals surface area contributed by atoms with Gasteiger partial charge in [0.05, 0.1) is 5.25 Å². The zero-order chi connectivity index (χ0) is 9.53. The second-order valence-corrected chi connectivity index (χ2v) is 6.06. The van der Waals surface area contributed by atoms with Gasteiger partial charge in [0, 0.05) is 0 Å². The molecule has 0 aromatic rings. The molecule has 3 nitrogen and oxygen atoms in total. The highest BCUT2D eigenvalue weighted by Gasteiger charge is 2.52. The standard InChI is InChI=1S/C9H16O3S/c10-13(11,12)8-4-7-9(8)5-2-1-3-6-9/h8H,1-7H2,(H,10,11,12). The average Bonchev–Trinajstić information content (AvgIpc) is 2.01. The Morgan fingerprint density at radius 3 is 2.08 bits per heavy atom. The summed E-state index contributed by atoms with van der Waals surface area (Å²) in [5, 5.41) is -0.444. The minimum atomic E-state index is -3.77. The van der Waals surface area contributed by atoms with Crippen molar-refractivity contribution in [1.29, 1.82) is 0 Å². The molecular formula is C9H16O3S. The molecule has 1 unspecified atom stereocenters. The lowest BCUT2D eigenvalue weighted by atomic mass is 9.60. The molecule has 4 heteroatoms. The van der Waals surface area contributed by atoms with Crippen LogP contribution in [0.25, 0.3) is 0 Å². The van der Waals surface area contributed by atoms with Crippen molar-refractivity contribution in [3.63, 3.8) is 0 Å². The van der Waals surface area contributed by atoms with Crippen LogP contribution in [0, 0.1) is 5.41 Å². The van der Waals surface area contributed by atoms with Gasteiger partial charge in [0.1, 0.15) is 0 Å². The van der Waals surface area contributed by atoms with Crippen LogP contribution in [0.5, 0.6) is 0 Å². The third-order valence-electron chi connectivity index (χ3n) is 3.80. The van der Waals surface area contributed by atoms with Crippen molar-refractivity contribution in [2.45, 2.75) is 50.2 Å². The average molecular weight is 204 g/mol. The van der Waals surface area contributed by atoms with E-state index in [0.29, 0.717) is 6.42 Å². The van der Waals surface area contributed by atoms with Crippen LogP contribution in [0.1, 0.15) is 44.9 Å². The molecule has 1 N–H and O–H groups in total. The molecule has 0 aromatic heterocycles. The fourth-order valence-corrected chi connectivity index (χ4v) is 4.36. The van der Waals surface area contributed by atoms with E-state index in [9.17, 15) is 8.42 Å². The minimum absolute atomic E-state index is 0.0359. The topological polar surface area (TPSA) is 54.4 Å². The molecule has 1 atom stereocenters. The summed E-state index contributed by atoms with van der Waals surface area (Å²) in [5.74, 6) is 0. The van der Waals surface area contributed by atoms with Crippen molar-refractivity contribution in [2.75, 3.05) is 0 Å². The summed E-state index contributed by atoms with van der Waals surface area (Å²) in [6, 6.07) is 0. The maximum atomic E-state index is 11.0. The first-order chi connectivity index (χ1) is 6.05. The van der Waals surface area contributed by atoms with E-state index < -0.39 is 15.4 Å². The zero-order valence-corrected chi connectivity index (χ0v) is 8.52. The zero-order valence-electron chi connectivity index (χ0n) is 7.70. The van der Waals surface area contributed by atoms with E-state index in [0.717, 1.165) is 32.1 Å². The minimum Gasteiger partial charge on any atom is -0.285 e. The van der Waals surface area contributed by atoms with E-state index in [1.54, 1.807) is 0 Å². The third kappa shape index (κ3) is 1.50. The number of hydrogen-bond donors (Lipinski definition) is 1. The summed E-state index contributed by atoms with van der Waals surface area (Å²) in [7, 11) is -3.77. The highest BCUT2D eigenvalue weighted by atomic mass is 32.2. The van der Waals surface area contributed by atoms with Crippen LogP contribution in [0.2, 0.25) is 0 Å². The molecule has 2 rings (SSSR count). The fourth-order valence-electron chi connectivity index (χ4n) is 2.96. The van der Waals surface area contributed by atoms with E-state index >= 15 is 0 Å². The van der Waals surface area contributed by atoms with Crippen LogP contribution in [0.15, 0.2) is 0 Å².